The van der Waals surface area contributed by atoms with Gasteiger partial charge in [-0.15, -0.1) is 0 Å². The fourth-order valence-corrected chi connectivity index (χ4v) is 1.69. The van der Waals surface area contributed by atoms with Crippen LogP contribution in [0.3, 0.4) is 0 Å². The van der Waals surface area contributed by atoms with Crippen LogP contribution in [0.25, 0.3) is 5.82 Å². The fraction of sp³-hybridized carbons (Fsp3) is 0.250. The molecule has 6 heteroatoms. The first-order valence-electron chi connectivity index (χ1n) is 5.51. The van der Waals surface area contributed by atoms with Gasteiger partial charge in [0.25, 0.3) is 0 Å². The topological polar surface area (TPSA) is 89.3 Å². The van der Waals surface area contributed by atoms with Crippen molar-refractivity contribution >= 4 is 5.84 Å². The smallest absolute Gasteiger partial charge is 0.173 e. The standard InChI is InChI=1S/C12H15N5O/c1-7-4-5-10(11(13)16-18)12(15-7)17-6-14-8(2)9(17)3/h4-6,18H,1-3H3,(H2,13,16). The van der Waals surface area contributed by atoms with E-state index in [-0.39, 0.29) is 5.84 Å². The van der Waals surface area contributed by atoms with Crippen LogP contribution in [0.15, 0.2) is 23.6 Å². The van der Waals surface area contributed by atoms with Crippen molar-refractivity contribution in [2.75, 3.05) is 0 Å². The molecule has 0 bridgehead atoms. The Morgan fingerprint density at radius 3 is 2.61 bits per heavy atom. The molecule has 2 rings (SSSR count). The number of hydrogen-bond acceptors (Lipinski definition) is 4. The van der Waals surface area contributed by atoms with Gasteiger partial charge in [0.1, 0.15) is 12.1 Å². The van der Waals surface area contributed by atoms with Crippen molar-refractivity contribution in [3.63, 3.8) is 0 Å². The lowest BCUT2D eigenvalue weighted by atomic mass is 10.2. The second-order valence-corrected chi connectivity index (χ2v) is 4.09. The van der Waals surface area contributed by atoms with Crippen molar-refractivity contribution in [3.05, 3.63) is 41.1 Å². The predicted molar refractivity (Wildman–Crippen MR) is 68.1 cm³/mol. The first-order chi connectivity index (χ1) is 8.54. The van der Waals surface area contributed by atoms with E-state index in [0.29, 0.717) is 11.4 Å². The summed E-state index contributed by atoms with van der Waals surface area (Å²) >= 11 is 0. The second-order valence-electron chi connectivity index (χ2n) is 4.09. The summed E-state index contributed by atoms with van der Waals surface area (Å²) in [5.41, 5.74) is 8.98. The molecule has 18 heavy (non-hydrogen) atoms. The molecule has 94 valence electrons. The Morgan fingerprint density at radius 2 is 2.06 bits per heavy atom. The maximum atomic E-state index is 8.81. The quantitative estimate of drug-likeness (QED) is 0.361. The summed E-state index contributed by atoms with van der Waals surface area (Å²) < 4.78 is 1.83. The molecule has 0 atom stereocenters. The van der Waals surface area contributed by atoms with Gasteiger partial charge in [0.15, 0.2) is 5.84 Å². The van der Waals surface area contributed by atoms with Crippen molar-refractivity contribution in [1.82, 2.24) is 14.5 Å². The zero-order valence-electron chi connectivity index (χ0n) is 10.5. The number of nitrogens with two attached hydrogens (primary N) is 1. The van der Waals surface area contributed by atoms with E-state index in [1.165, 1.54) is 0 Å². The van der Waals surface area contributed by atoms with E-state index in [1.54, 1.807) is 12.4 Å². The van der Waals surface area contributed by atoms with Crippen molar-refractivity contribution in [2.24, 2.45) is 10.9 Å². The predicted octanol–water partition coefficient (Wildman–Crippen LogP) is 1.29. The van der Waals surface area contributed by atoms with Crippen LogP contribution in [0.2, 0.25) is 0 Å². The van der Waals surface area contributed by atoms with Gasteiger partial charge in [0, 0.05) is 11.4 Å². The molecule has 0 fully saturated rings. The number of nitrogens with zero attached hydrogens (tertiary/aromatic N) is 4. The number of aromatic nitrogens is 3. The van der Waals surface area contributed by atoms with Crippen molar-refractivity contribution in [3.8, 4) is 5.82 Å². The molecular formula is C12H15N5O. The number of pyridine rings is 1. The van der Waals surface area contributed by atoms with E-state index in [9.17, 15) is 0 Å². The minimum absolute atomic E-state index is 0.0308. The Balaban J connectivity index is 2.69. The zero-order valence-corrected chi connectivity index (χ0v) is 10.5. The summed E-state index contributed by atoms with van der Waals surface area (Å²) in [6.07, 6.45) is 1.68. The van der Waals surface area contributed by atoms with Crippen molar-refractivity contribution in [1.29, 1.82) is 0 Å². The summed E-state index contributed by atoms with van der Waals surface area (Å²) in [5, 5.41) is 11.8. The Hall–Kier alpha value is -2.37. The monoisotopic (exact) mass is 245 g/mol. The lowest BCUT2D eigenvalue weighted by molar-refractivity contribution is 0.318. The average molecular weight is 245 g/mol. The van der Waals surface area contributed by atoms with Crippen molar-refractivity contribution in [2.45, 2.75) is 20.8 Å². The maximum Gasteiger partial charge on any atom is 0.173 e. The van der Waals surface area contributed by atoms with E-state index in [4.69, 9.17) is 10.9 Å². The average Bonchev–Trinajstić information content (AvgIpc) is 2.69. The number of imidazole rings is 1. The Morgan fingerprint density at radius 1 is 1.33 bits per heavy atom. The second kappa shape index (κ2) is 4.48. The Bertz CT molecular complexity index is 615. The summed E-state index contributed by atoms with van der Waals surface area (Å²) in [6, 6.07) is 3.59. The molecule has 0 saturated heterocycles. The number of aryl methyl sites for hydroxylation is 2. The highest BCUT2D eigenvalue weighted by Crippen LogP contribution is 2.16. The van der Waals surface area contributed by atoms with Crippen LogP contribution in [0, 0.1) is 20.8 Å². The van der Waals surface area contributed by atoms with Crippen LogP contribution < -0.4 is 5.73 Å². The summed E-state index contributed by atoms with van der Waals surface area (Å²) in [5.74, 6) is 0.645. The van der Waals surface area contributed by atoms with Crippen LogP contribution in [-0.2, 0) is 0 Å². The molecule has 0 radical (unpaired) electrons. The number of amidine groups is 1. The molecule has 0 aromatic carbocycles. The minimum atomic E-state index is 0.0308. The highest BCUT2D eigenvalue weighted by Gasteiger charge is 2.13. The Labute approximate surface area is 105 Å². The largest absolute Gasteiger partial charge is 0.409 e. The normalized spacial score (nSPS) is 11.8. The molecule has 0 amide bonds. The number of rotatable bonds is 2. The molecule has 0 spiro atoms. The first kappa shape index (κ1) is 12.1. The van der Waals surface area contributed by atoms with E-state index in [2.05, 4.69) is 15.1 Å². The molecule has 0 aliphatic heterocycles. The van der Waals surface area contributed by atoms with Gasteiger partial charge in [0.05, 0.1) is 11.3 Å². The molecule has 0 aliphatic rings. The Kier molecular flexibility index (Phi) is 3.01. The van der Waals surface area contributed by atoms with Gasteiger partial charge in [-0.2, -0.15) is 0 Å². The third kappa shape index (κ3) is 1.92. The van der Waals surface area contributed by atoms with E-state index in [1.807, 2.05) is 31.4 Å². The molecule has 2 aromatic heterocycles. The van der Waals surface area contributed by atoms with E-state index < -0.39 is 0 Å². The highest BCUT2D eigenvalue weighted by atomic mass is 16.4. The molecule has 0 unspecified atom stereocenters. The van der Waals surface area contributed by atoms with E-state index >= 15 is 0 Å². The highest BCUT2D eigenvalue weighted by molar-refractivity contribution is 5.99. The number of oxime groups is 1. The summed E-state index contributed by atoms with van der Waals surface area (Å²) in [6.45, 7) is 5.76. The van der Waals surface area contributed by atoms with E-state index in [0.717, 1.165) is 17.1 Å². The molecule has 3 N–H and O–H groups in total. The lowest BCUT2D eigenvalue weighted by Gasteiger charge is -2.10. The third-order valence-electron chi connectivity index (χ3n) is 2.88. The maximum absolute atomic E-state index is 8.81. The van der Waals surface area contributed by atoms with Gasteiger partial charge >= 0.3 is 0 Å². The molecule has 2 heterocycles. The fourth-order valence-electron chi connectivity index (χ4n) is 1.69. The van der Waals surface area contributed by atoms with Gasteiger partial charge < -0.3 is 10.9 Å². The molecule has 0 saturated carbocycles. The minimum Gasteiger partial charge on any atom is -0.409 e. The first-order valence-corrected chi connectivity index (χ1v) is 5.51. The molecular weight excluding hydrogens is 230 g/mol. The molecule has 6 nitrogen and oxygen atoms in total. The van der Waals surface area contributed by atoms with Gasteiger partial charge in [-0.1, -0.05) is 5.16 Å². The van der Waals surface area contributed by atoms with Crippen molar-refractivity contribution < 1.29 is 5.21 Å². The van der Waals surface area contributed by atoms with Crippen LogP contribution in [0.1, 0.15) is 22.6 Å². The summed E-state index contributed by atoms with van der Waals surface area (Å²) in [4.78, 5) is 8.67. The third-order valence-corrected chi connectivity index (χ3v) is 2.88. The van der Waals surface area contributed by atoms with Crippen LogP contribution >= 0.6 is 0 Å². The van der Waals surface area contributed by atoms with Crippen LogP contribution in [-0.4, -0.2) is 25.6 Å². The number of hydrogen-bond donors (Lipinski definition) is 2. The van der Waals surface area contributed by atoms with Gasteiger partial charge in [0.2, 0.25) is 0 Å². The lowest BCUT2D eigenvalue weighted by Crippen LogP contribution is -2.18. The van der Waals surface area contributed by atoms with Gasteiger partial charge in [-0.25, -0.2) is 9.97 Å². The van der Waals surface area contributed by atoms with Gasteiger partial charge in [-0.3, -0.25) is 4.57 Å². The SMILES string of the molecule is Cc1ccc(C(N)=NO)c(-n2cnc(C)c2C)n1. The van der Waals surface area contributed by atoms with Crippen LogP contribution in [0.5, 0.6) is 0 Å². The molecule has 2 aromatic rings. The van der Waals surface area contributed by atoms with Gasteiger partial charge in [-0.05, 0) is 32.9 Å². The summed E-state index contributed by atoms with van der Waals surface area (Å²) in [7, 11) is 0. The van der Waals surface area contributed by atoms with Crippen LogP contribution in [0.4, 0.5) is 0 Å². The molecule has 0 aliphatic carbocycles. The zero-order chi connectivity index (χ0) is 13.3.